The highest BCUT2D eigenvalue weighted by Gasteiger charge is 2.25. The average molecular weight is 538 g/mol. The molecule has 7 nitrogen and oxygen atoms in total. The molecule has 0 saturated heterocycles. The minimum atomic E-state index is -4.15. The Morgan fingerprint density at radius 3 is 1.71 bits per heavy atom. The lowest BCUT2D eigenvalue weighted by Gasteiger charge is -2.22. The number of halogens is 1. The van der Waals surface area contributed by atoms with Gasteiger partial charge < -0.3 is 8.92 Å². The number of hydrogen-bond acceptors (Lipinski definition) is 6. The number of benzene rings is 3. The van der Waals surface area contributed by atoms with Crippen LogP contribution >= 0.6 is 11.6 Å². The van der Waals surface area contributed by atoms with Gasteiger partial charge in [0, 0.05) is 21.8 Å². The fourth-order valence-corrected chi connectivity index (χ4v) is 5.56. The molecule has 188 valence electrons. The van der Waals surface area contributed by atoms with Crippen molar-refractivity contribution in [1.29, 1.82) is 0 Å². The van der Waals surface area contributed by atoms with Gasteiger partial charge in [-0.25, -0.2) is 8.42 Å². The molecular weight excluding hydrogens is 510 g/mol. The SMILES string of the molecule is COc1ccc(S(=O)(=O)Oc2c(C(C)C)cc(NS(=O)(=O)c3ccc(Cl)cc3)cc2C(C)C)cc1. The third kappa shape index (κ3) is 6.28. The number of rotatable bonds is 9. The molecule has 0 aromatic heterocycles. The average Bonchev–Trinajstić information content (AvgIpc) is 2.79. The molecule has 0 aliphatic carbocycles. The Morgan fingerprint density at radius 2 is 1.26 bits per heavy atom. The predicted octanol–water partition coefficient (Wildman–Crippen LogP) is 6.16. The third-order valence-electron chi connectivity index (χ3n) is 5.31. The summed E-state index contributed by atoms with van der Waals surface area (Å²) >= 11 is 5.88. The van der Waals surface area contributed by atoms with Crippen molar-refractivity contribution in [3.05, 3.63) is 76.8 Å². The topological polar surface area (TPSA) is 98.8 Å². The molecule has 0 atom stereocenters. The van der Waals surface area contributed by atoms with Crippen LogP contribution in [0.3, 0.4) is 0 Å². The summed E-state index contributed by atoms with van der Waals surface area (Å²) in [5.41, 5.74) is 1.42. The van der Waals surface area contributed by atoms with Crippen LogP contribution in [0.2, 0.25) is 5.02 Å². The van der Waals surface area contributed by atoms with Crippen molar-refractivity contribution in [1.82, 2.24) is 0 Å². The Hall–Kier alpha value is -2.75. The minimum absolute atomic E-state index is 0.0183. The first-order chi connectivity index (χ1) is 16.3. The highest BCUT2D eigenvalue weighted by molar-refractivity contribution is 7.92. The molecule has 1 N–H and O–H groups in total. The van der Waals surface area contributed by atoms with Gasteiger partial charge in [0.15, 0.2) is 0 Å². The van der Waals surface area contributed by atoms with Crippen molar-refractivity contribution in [2.75, 3.05) is 11.8 Å². The summed E-state index contributed by atoms with van der Waals surface area (Å²) < 4.78 is 65.4. The summed E-state index contributed by atoms with van der Waals surface area (Å²) in [5.74, 6) is 0.398. The Morgan fingerprint density at radius 1 is 0.771 bits per heavy atom. The van der Waals surface area contributed by atoms with Crippen LogP contribution in [-0.4, -0.2) is 23.9 Å². The summed E-state index contributed by atoms with van der Waals surface area (Å²) in [7, 11) is -6.55. The fourth-order valence-electron chi connectivity index (χ4n) is 3.42. The zero-order valence-corrected chi connectivity index (χ0v) is 22.5. The molecule has 3 rings (SSSR count). The molecule has 10 heteroatoms. The van der Waals surface area contributed by atoms with Gasteiger partial charge in [-0.15, -0.1) is 0 Å². The Bertz CT molecular complexity index is 1370. The van der Waals surface area contributed by atoms with Crippen LogP contribution in [0, 0.1) is 0 Å². The Labute approximate surface area is 212 Å². The Kier molecular flexibility index (Phi) is 8.03. The zero-order valence-electron chi connectivity index (χ0n) is 20.1. The normalized spacial score (nSPS) is 12.1. The summed E-state index contributed by atoms with van der Waals surface area (Å²) in [6, 6.07) is 14.9. The van der Waals surface area contributed by atoms with Crippen molar-refractivity contribution in [3.8, 4) is 11.5 Å². The van der Waals surface area contributed by atoms with Gasteiger partial charge in [-0.2, -0.15) is 8.42 Å². The first-order valence-electron chi connectivity index (χ1n) is 10.9. The van der Waals surface area contributed by atoms with E-state index in [1.807, 2.05) is 27.7 Å². The van der Waals surface area contributed by atoms with Crippen LogP contribution < -0.4 is 13.6 Å². The lowest BCUT2D eigenvalue weighted by atomic mass is 9.93. The second-order valence-corrected chi connectivity index (χ2v) is 12.2. The molecule has 0 bridgehead atoms. The van der Waals surface area contributed by atoms with E-state index in [0.717, 1.165) is 0 Å². The number of ether oxygens (including phenoxy) is 1. The molecule has 0 heterocycles. The summed E-state index contributed by atoms with van der Waals surface area (Å²) in [5, 5.41) is 0.424. The van der Waals surface area contributed by atoms with E-state index in [2.05, 4.69) is 4.72 Å². The molecule has 0 saturated carbocycles. The molecular formula is C25H28ClNO6S2. The molecule has 3 aromatic rings. The van der Waals surface area contributed by atoms with Crippen molar-refractivity contribution in [3.63, 3.8) is 0 Å². The predicted molar refractivity (Wildman–Crippen MR) is 138 cm³/mol. The maximum atomic E-state index is 13.1. The van der Waals surface area contributed by atoms with E-state index in [1.54, 1.807) is 12.1 Å². The standard InChI is InChI=1S/C25H28ClNO6S2/c1-16(2)23-14-19(27-34(28,29)21-10-6-18(26)7-11-21)15-24(17(3)4)25(23)33-35(30,31)22-12-8-20(32-5)9-13-22/h6-17,27H,1-5H3. The lowest BCUT2D eigenvalue weighted by molar-refractivity contribution is 0.414. The van der Waals surface area contributed by atoms with E-state index >= 15 is 0 Å². The first kappa shape index (κ1) is 26.8. The number of methoxy groups -OCH3 is 1. The van der Waals surface area contributed by atoms with Crippen LogP contribution in [0.5, 0.6) is 11.5 Å². The van der Waals surface area contributed by atoms with Crippen LogP contribution in [0.15, 0.2) is 70.5 Å². The van der Waals surface area contributed by atoms with Crippen molar-refractivity contribution in [2.45, 2.75) is 49.3 Å². The van der Waals surface area contributed by atoms with Gasteiger partial charge in [-0.05, 0) is 72.5 Å². The molecule has 0 fully saturated rings. The van der Waals surface area contributed by atoms with Crippen LogP contribution in [0.4, 0.5) is 5.69 Å². The molecule has 0 aliphatic heterocycles. The quantitative estimate of drug-likeness (QED) is 0.328. The van der Waals surface area contributed by atoms with Gasteiger partial charge in [0.2, 0.25) is 0 Å². The molecule has 0 radical (unpaired) electrons. The maximum Gasteiger partial charge on any atom is 0.339 e. The first-order valence-corrected chi connectivity index (χ1v) is 14.2. The van der Waals surface area contributed by atoms with E-state index in [9.17, 15) is 16.8 Å². The van der Waals surface area contributed by atoms with Crippen molar-refractivity contribution in [2.24, 2.45) is 0 Å². The van der Waals surface area contributed by atoms with Gasteiger partial charge >= 0.3 is 10.1 Å². The summed E-state index contributed by atoms with van der Waals surface area (Å²) in [6.45, 7) is 7.51. The van der Waals surface area contributed by atoms with Gasteiger partial charge in [0.25, 0.3) is 10.0 Å². The molecule has 35 heavy (non-hydrogen) atoms. The fraction of sp³-hybridized carbons (Fsp3) is 0.280. The highest BCUT2D eigenvalue weighted by Crippen LogP contribution is 2.39. The van der Waals surface area contributed by atoms with Crippen LogP contribution in [0.1, 0.15) is 50.7 Å². The van der Waals surface area contributed by atoms with Gasteiger partial charge in [0.1, 0.15) is 16.4 Å². The van der Waals surface area contributed by atoms with E-state index < -0.39 is 20.1 Å². The molecule has 0 unspecified atom stereocenters. The van der Waals surface area contributed by atoms with Gasteiger partial charge in [-0.1, -0.05) is 39.3 Å². The summed E-state index contributed by atoms with van der Waals surface area (Å²) in [4.78, 5) is 0.0386. The van der Waals surface area contributed by atoms with Crippen LogP contribution in [0.25, 0.3) is 0 Å². The molecule has 0 aliphatic rings. The number of anilines is 1. The molecule has 3 aromatic carbocycles. The molecule has 0 amide bonds. The van der Waals surface area contributed by atoms with Gasteiger partial charge in [0.05, 0.1) is 12.0 Å². The zero-order chi connectivity index (χ0) is 26.0. The monoisotopic (exact) mass is 537 g/mol. The van der Waals surface area contributed by atoms with E-state index in [-0.39, 0.29) is 27.4 Å². The summed E-state index contributed by atoms with van der Waals surface area (Å²) in [6.07, 6.45) is 0. The van der Waals surface area contributed by atoms with Crippen molar-refractivity contribution < 1.29 is 25.8 Å². The van der Waals surface area contributed by atoms with Gasteiger partial charge in [-0.3, -0.25) is 4.72 Å². The van der Waals surface area contributed by atoms with Crippen LogP contribution in [-0.2, 0) is 20.1 Å². The number of nitrogens with one attached hydrogen (secondary N) is 1. The maximum absolute atomic E-state index is 13.1. The Balaban J connectivity index is 2.06. The number of sulfonamides is 1. The largest absolute Gasteiger partial charge is 0.497 e. The minimum Gasteiger partial charge on any atom is -0.497 e. The third-order valence-corrected chi connectivity index (χ3v) is 8.19. The smallest absolute Gasteiger partial charge is 0.339 e. The number of hydrogen-bond donors (Lipinski definition) is 1. The highest BCUT2D eigenvalue weighted by atomic mass is 35.5. The van der Waals surface area contributed by atoms with E-state index in [1.165, 1.54) is 55.6 Å². The van der Waals surface area contributed by atoms with E-state index in [0.29, 0.717) is 27.6 Å². The van der Waals surface area contributed by atoms with Crippen molar-refractivity contribution >= 4 is 37.4 Å². The van der Waals surface area contributed by atoms with E-state index in [4.69, 9.17) is 20.5 Å². The second-order valence-electron chi connectivity index (χ2n) is 8.57. The lowest BCUT2D eigenvalue weighted by Crippen LogP contribution is -2.16. The molecule has 0 spiro atoms. The second kappa shape index (κ2) is 10.5.